The van der Waals surface area contributed by atoms with Gasteiger partial charge in [0.25, 0.3) is 12.1 Å². The number of ether oxygens (including phenoxy) is 1. The van der Waals surface area contributed by atoms with Gasteiger partial charge in [0, 0.05) is 0 Å². The third-order valence-electron chi connectivity index (χ3n) is 2.24. The SMILES string of the molecule is C#Cc1cc(C(=O)NC2=NC(C)=[N+]=C2)nnc1OC. The molecule has 1 aromatic rings. The zero-order valence-corrected chi connectivity index (χ0v) is 10.3. The molecule has 7 heteroatoms. The summed E-state index contributed by atoms with van der Waals surface area (Å²) in [6, 6.07) is 1.42. The van der Waals surface area contributed by atoms with E-state index in [-0.39, 0.29) is 11.6 Å². The quantitative estimate of drug-likeness (QED) is 0.552. The van der Waals surface area contributed by atoms with Crippen molar-refractivity contribution in [2.75, 3.05) is 7.11 Å². The van der Waals surface area contributed by atoms with E-state index in [4.69, 9.17) is 11.2 Å². The molecule has 0 spiro atoms. The molecule has 0 radical (unpaired) electrons. The first kappa shape index (κ1) is 12.5. The zero-order valence-electron chi connectivity index (χ0n) is 10.3. The molecule has 7 nitrogen and oxygen atoms in total. The molecule has 0 unspecified atom stereocenters. The first-order valence-electron chi connectivity index (χ1n) is 5.30. The van der Waals surface area contributed by atoms with Gasteiger partial charge in [-0.3, -0.25) is 10.1 Å². The summed E-state index contributed by atoms with van der Waals surface area (Å²) in [5.74, 6) is 3.02. The van der Waals surface area contributed by atoms with Crippen LogP contribution in [-0.4, -0.2) is 41.1 Å². The van der Waals surface area contributed by atoms with Gasteiger partial charge in [-0.05, 0) is 11.1 Å². The van der Waals surface area contributed by atoms with Crippen molar-refractivity contribution in [3.8, 4) is 18.2 Å². The summed E-state index contributed by atoms with van der Waals surface area (Å²) >= 11 is 0. The van der Waals surface area contributed by atoms with Crippen LogP contribution in [-0.2, 0) is 0 Å². The van der Waals surface area contributed by atoms with Crippen LogP contribution in [0.25, 0.3) is 0 Å². The fourth-order valence-corrected chi connectivity index (χ4v) is 1.37. The molecule has 0 atom stereocenters. The number of carbonyl (C=O) groups is 1. The van der Waals surface area contributed by atoms with Crippen molar-refractivity contribution >= 4 is 23.8 Å². The first-order valence-corrected chi connectivity index (χ1v) is 5.30. The number of nitrogens with one attached hydrogen (secondary N) is 1. The second-order valence-electron chi connectivity index (χ2n) is 3.55. The predicted molar refractivity (Wildman–Crippen MR) is 70.3 cm³/mol. The highest BCUT2D eigenvalue weighted by Crippen LogP contribution is 2.12. The molecule has 1 amide bonds. The molecule has 0 saturated heterocycles. The van der Waals surface area contributed by atoms with E-state index in [1.165, 1.54) is 19.4 Å². The Balaban J connectivity index is 2.19. The van der Waals surface area contributed by atoms with Crippen LogP contribution >= 0.6 is 0 Å². The molecule has 2 rings (SSSR count). The van der Waals surface area contributed by atoms with Crippen molar-refractivity contribution in [1.29, 1.82) is 0 Å². The summed E-state index contributed by atoms with van der Waals surface area (Å²) in [4.78, 5) is 15.9. The molecular weight excluding hydrogens is 246 g/mol. The number of nitrogens with zero attached hydrogens (tertiary/aromatic N) is 4. The number of amidine groups is 2. The average molecular weight is 256 g/mol. The molecule has 0 saturated carbocycles. The molecule has 0 bridgehead atoms. The van der Waals surface area contributed by atoms with Gasteiger partial charge in [0.15, 0.2) is 5.69 Å². The Morgan fingerprint density at radius 1 is 1.53 bits per heavy atom. The smallest absolute Gasteiger partial charge is 0.389 e. The minimum Gasteiger partial charge on any atom is -0.479 e. The summed E-state index contributed by atoms with van der Waals surface area (Å²) in [6.45, 7) is 1.72. The minimum atomic E-state index is -0.466. The summed E-state index contributed by atoms with van der Waals surface area (Å²) in [5, 5.41) is 10.00. The fourth-order valence-electron chi connectivity index (χ4n) is 1.37. The normalized spacial score (nSPS) is 12.5. The number of amides is 1. The lowest BCUT2D eigenvalue weighted by Crippen LogP contribution is -2.32. The highest BCUT2D eigenvalue weighted by molar-refractivity contribution is 6.37. The van der Waals surface area contributed by atoms with Crippen LogP contribution in [0, 0.1) is 12.3 Å². The van der Waals surface area contributed by atoms with Gasteiger partial charge >= 0.3 is 11.7 Å². The first-order chi connectivity index (χ1) is 9.13. The lowest BCUT2D eigenvalue weighted by molar-refractivity contribution is 0.0971. The summed E-state index contributed by atoms with van der Waals surface area (Å²) in [5.41, 5.74) is 0.432. The van der Waals surface area contributed by atoms with E-state index >= 15 is 0 Å². The van der Waals surface area contributed by atoms with Crippen molar-refractivity contribution < 1.29 is 9.53 Å². The number of aliphatic imine (C=N–C) groups is 1. The van der Waals surface area contributed by atoms with Crippen LogP contribution in [0.15, 0.2) is 11.1 Å². The van der Waals surface area contributed by atoms with Gasteiger partial charge in [-0.25, -0.2) is 4.67 Å². The monoisotopic (exact) mass is 256 g/mol. The summed E-state index contributed by atoms with van der Waals surface area (Å²) in [6.07, 6.45) is 6.75. The van der Waals surface area contributed by atoms with Gasteiger partial charge in [0.1, 0.15) is 0 Å². The summed E-state index contributed by atoms with van der Waals surface area (Å²) in [7, 11) is 1.42. The highest BCUT2D eigenvalue weighted by atomic mass is 16.5. The van der Waals surface area contributed by atoms with Crippen LogP contribution in [0.4, 0.5) is 0 Å². The maximum atomic E-state index is 11.9. The standard InChI is InChI=1S/C12H9N5O2/c1-4-8-5-9(16-17-12(8)19-3)11(18)15-10-6-13-7(2)14-10/h1,5-6H,2-3H3/p+1. The number of hydrogen-bond acceptors (Lipinski definition) is 5. The lowest BCUT2D eigenvalue weighted by Gasteiger charge is -2.03. The predicted octanol–water partition coefficient (Wildman–Crippen LogP) is -0.835. The van der Waals surface area contributed by atoms with E-state index in [2.05, 4.69) is 31.1 Å². The molecule has 2 heterocycles. The van der Waals surface area contributed by atoms with Gasteiger partial charge in [-0.1, -0.05) is 5.92 Å². The topological polar surface area (TPSA) is 90.6 Å². The fraction of sp³-hybridized carbons (Fsp3) is 0.167. The Kier molecular flexibility index (Phi) is 3.37. The highest BCUT2D eigenvalue weighted by Gasteiger charge is 2.20. The van der Waals surface area contributed by atoms with Crippen LogP contribution in [0.2, 0.25) is 0 Å². The molecule has 1 aromatic heterocycles. The van der Waals surface area contributed by atoms with E-state index in [9.17, 15) is 4.79 Å². The lowest BCUT2D eigenvalue weighted by atomic mass is 10.2. The van der Waals surface area contributed by atoms with E-state index in [1.807, 2.05) is 0 Å². The number of rotatable bonds is 2. The molecule has 19 heavy (non-hydrogen) atoms. The van der Waals surface area contributed by atoms with E-state index in [0.29, 0.717) is 17.2 Å². The Morgan fingerprint density at radius 3 is 2.89 bits per heavy atom. The van der Waals surface area contributed by atoms with Gasteiger partial charge in [-0.15, -0.1) is 16.6 Å². The molecule has 0 fully saturated rings. The Bertz CT molecular complexity index is 678. The third kappa shape index (κ3) is 2.65. The van der Waals surface area contributed by atoms with Crippen molar-refractivity contribution in [2.24, 2.45) is 4.99 Å². The molecule has 1 aliphatic rings. The van der Waals surface area contributed by atoms with Gasteiger partial charge in [-0.2, -0.15) is 0 Å². The number of methoxy groups -OCH3 is 1. The Morgan fingerprint density at radius 2 is 2.32 bits per heavy atom. The molecule has 94 valence electrons. The number of terminal acetylenes is 1. The second-order valence-corrected chi connectivity index (χ2v) is 3.55. The van der Waals surface area contributed by atoms with E-state index < -0.39 is 5.91 Å². The van der Waals surface area contributed by atoms with Crippen molar-refractivity contribution in [1.82, 2.24) is 20.2 Å². The largest absolute Gasteiger partial charge is 0.479 e. The number of aromatic nitrogens is 2. The number of carbonyl (C=O) groups excluding carboxylic acids is 1. The van der Waals surface area contributed by atoms with Gasteiger partial charge in [0.2, 0.25) is 5.88 Å². The summed E-state index contributed by atoms with van der Waals surface area (Å²) < 4.78 is 8.83. The molecular formula is C12H10N5O2+. The van der Waals surface area contributed by atoms with Crippen LogP contribution < -0.4 is 14.7 Å². The Hall–Kier alpha value is -2.97. The van der Waals surface area contributed by atoms with E-state index in [1.54, 1.807) is 6.92 Å². The second kappa shape index (κ2) is 5.12. The zero-order chi connectivity index (χ0) is 13.8. The van der Waals surface area contributed by atoms with Crippen LogP contribution in [0.3, 0.4) is 0 Å². The van der Waals surface area contributed by atoms with Crippen LogP contribution in [0.5, 0.6) is 5.88 Å². The van der Waals surface area contributed by atoms with Crippen LogP contribution in [0.1, 0.15) is 23.0 Å². The van der Waals surface area contributed by atoms with E-state index in [0.717, 1.165) is 0 Å². The Labute approximate surface area is 109 Å². The molecule has 0 aliphatic carbocycles. The molecule has 1 aliphatic heterocycles. The minimum absolute atomic E-state index is 0.0782. The number of hydrogen-bond donors (Lipinski definition) is 1. The maximum absolute atomic E-state index is 11.9. The third-order valence-corrected chi connectivity index (χ3v) is 2.24. The molecule has 1 N–H and O–H groups in total. The molecule has 0 aromatic carbocycles. The average Bonchev–Trinajstić information content (AvgIpc) is 2.83. The van der Waals surface area contributed by atoms with Gasteiger partial charge < -0.3 is 4.74 Å². The van der Waals surface area contributed by atoms with Crippen molar-refractivity contribution in [3.63, 3.8) is 0 Å². The van der Waals surface area contributed by atoms with Crippen molar-refractivity contribution in [3.05, 3.63) is 17.3 Å². The van der Waals surface area contributed by atoms with Crippen molar-refractivity contribution in [2.45, 2.75) is 6.92 Å². The maximum Gasteiger partial charge on any atom is 0.389 e. The van der Waals surface area contributed by atoms with Gasteiger partial charge in [0.05, 0.1) is 19.6 Å².